The van der Waals surface area contributed by atoms with E-state index >= 15 is 0 Å². The highest BCUT2D eigenvalue weighted by molar-refractivity contribution is 5.94. The van der Waals surface area contributed by atoms with E-state index in [1.807, 2.05) is 18.2 Å². The maximum Gasteiger partial charge on any atom is 0.251 e. The zero-order valence-electron chi connectivity index (χ0n) is 7.90. The number of rotatable bonds is 5. The number of benzene rings is 1. The molecule has 0 atom stereocenters. The van der Waals surface area contributed by atoms with Crippen LogP contribution in [0.4, 0.5) is 0 Å². The molecule has 0 aliphatic rings. The summed E-state index contributed by atoms with van der Waals surface area (Å²) in [5.41, 5.74) is 0.668. The molecule has 3 N–H and O–H groups in total. The van der Waals surface area contributed by atoms with Crippen molar-refractivity contribution >= 4 is 5.91 Å². The monoisotopic (exact) mass is 194 g/mol. The van der Waals surface area contributed by atoms with Gasteiger partial charge < -0.3 is 10.2 Å². The minimum absolute atomic E-state index is 0.0670. The molecule has 14 heavy (non-hydrogen) atoms. The summed E-state index contributed by atoms with van der Waals surface area (Å²) in [6, 6.07) is 9.08. The normalized spacial score (nSPS) is 9.79. The van der Waals surface area contributed by atoms with E-state index < -0.39 is 0 Å². The van der Waals surface area contributed by atoms with Crippen LogP contribution in [0.2, 0.25) is 0 Å². The van der Waals surface area contributed by atoms with Crippen molar-refractivity contribution in [3.63, 3.8) is 0 Å². The SMILES string of the molecule is NOCCCNC(=O)c1ccccc1. The van der Waals surface area contributed by atoms with Crippen LogP contribution in [0.15, 0.2) is 30.3 Å². The molecule has 76 valence electrons. The van der Waals surface area contributed by atoms with Crippen LogP contribution in [0.25, 0.3) is 0 Å². The number of carbonyl (C=O) groups excluding carboxylic acids is 1. The molecule has 0 saturated heterocycles. The summed E-state index contributed by atoms with van der Waals surface area (Å²) in [4.78, 5) is 15.8. The van der Waals surface area contributed by atoms with Gasteiger partial charge >= 0.3 is 0 Å². The van der Waals surface area contributed by atoms with Crippen LogP contribution in [-0.4, -0.2) is 19.1 Å². The smallest absolute Gasteiger partial charge is 0.251 e. The van der Waals surface area contributed by atoms with Crippen LogP contribution in [-0.2, 0) is 4.84 Å². The topological polar surface area (TPSA) is 64.3 Å². The minimum atomic E-state index is -0.0670. The molecule has 0 spiro atoms. The number of amides is 1. The Morgan fingerprint density at radius 2 is 2.07 bits per heavy atom. The van der Waals surface area contributed by atoms with Crippen molar-refractivity contribution in [2.45, 2.75) is 6.42 Å². The van der Waals surface area contributed by atoms with Crippen LogP contribution >= 0.6 is 0 Å². The van der Waals surface area contributed by atoms with Crippen LogP contribution in [0.3, 0.4) is 0 Å². The fourth-order valence-electron chi connectivity index (χ4n) is 1.05. The van der Waals surface area contributed by atoms with Gasteiger partial charge in [0.15, 0.2) is 0 Å². The molecule has 0 aliphatic heterocycles. The third-order valence-electron chi connectivity index (χ3n) is 1.76. The quantitative estimate of drug-likeness (QED) is 0.535. The Kier molecular flexibility index (Phi) is 4.68. The highest BCUT2D eigenvalue weighted by Gasteiger charge is 2.01. The summed E-state index contributed by atoms with van der Waals surface area (Å²) in [7, 11) is 0. The van der Waals surface area contributed by atoms with Crippen molar-refractivity contribution in [2.75, 3.05) is 13.2 Å². The Balaban J connectivity index is 2.29. The van der Waals surface area contributed by atoms with E-state index in [-0.39, 0.29) is 5.91 Å². The van der Waals surface area contributed by atoms with Gasteiger partial charge in [-0.3, -0.25) is 4.79 Å². The second-order valence-corrected chi connectivity index (χ2v) is 2.85. The fraction of sp³-hybridized carbons (Fsp3) is 0.300. The maximum atomic E-state index is 11.4. The molecule has 1 aromatic rings. The molecule has 1 amide bonds. The average molecular weight is 194 g/mol. The van der Waals surface area contributed by atoms with E-state index in [9.17, 15) is 4.79 Å². The third-order valence-corrected chi connectivity index (χ3v) is 1.76. The van der Waals surface area contributed by atoms with Gasteiger partial charge in [-0.05, 0) is 18.6 Å². The number of carbonyl (C=O) groups is 1. The van der Waals surface area contributed by atoms with E-state index in [2.05, 4.69) is 10.2 Å². The van der Waals surface area contributed by atoms with Gasteiger partial charge in [-0.25, -0.2) is 5.90 Å². The zero-order chi connectivity index (χ0) is 10.2. The number of hydrogen-bond acceptors (Lipinski definition) is 3. The molecule has 0 radical (unpaired) electrons. The Hall–Kier alpha value is -1.39. The second-order valence-electron chi connectivity index (χ2n) is 2.85. The summed E-state index contributed by atoms with van der Waals surface area (Å²) in [6.45, 7) is 1.03. The number of nitrogens with two attached hydrogens (primary N) is 1. The van der Waals surface area contributed by atoms with E-state index in [0.29, 0.717) is 18.7 Å². The van der Waals surface area contributed by atoms with Crippen molar-refractivity contribution < 1.29 is 9.63 Å². The fourth-order valence-corrected chi connectivity index (χ4v) is 1.05. The van der Waals surface area contributed by atoms with Crippen molar-refractivity contribution in [1.82, 2.24) is 5.32 Å². The molecule has 0 unspecified atom stereocenters. The Morgan fingerprint density at radius 3 is 2.71 bits per heavy atom. The van der Waals surface area contributed by atoms with Crippen molar-refractivity contribution in [1.29, 1.82) is 0 Å². The summed E-state index contributed by atoms with van der Waals surface area (Å²) in [6.07, 6.45) is 0.717. The molecular weight excluding hydrogens is 180 g/mol. The molecule has 0 heterocycles. The second kappa shape index (κ2) is 6.12. The molecule has 4 heteroatoms. The lowest BCUT2D eigenvalue weighted by Gasteiger charge is -2.03. The van der Waals surface area contributed by atoms with Crippen LogP contribution in [0.1, 0.15) is 16.8 Å². The molecule has 4 nitrogen and oxygen atoms in total. The predicted molar refractivity (Wildman–Crippen MR) is 53.5 cm³/mol. The summed E-state index contributed by atoms with van der Waals surface area (Å²) in [5.74, 6) is 4.78. The van der Waals surface area contributed by atoms with E-state index in [0.717, 1.165) is 6.42 Å². The minimum Gasteiger partial charge on any atom is -0.352 e. The van der Waals surface area contributed by atoms with Crippen molar-refractivity contribution in [2.24, 2.45) is 5.90 Å². The first-order chi connectivity index (χ1) is 6.84. The van der Waals surface area contributed by atoms with Gasteiger partial charge in [0.2, 0.25) is 0 Å². The molecule has 1 rings (SSSR count). The van der Waals surface area contributed by atoms with Gasteiger partial charge in [-0.1, -0.05) is 18.2 Å². The lowest BCUT2D eigenvalue weighted by atomic mass is 10.2. The largest absolute Gasteiger partial charge is 0.352 e. The van der Waals surface area contributed by atoms with Gasteiger partial charge in [-0.15, -0.1) is 0 Å². The average Bonchev–Trinajstić information content (AvgIpc) is 2.25. The molecule has 0 saturated carbocycles. The van der Waals surface area contributed by atoms with Gasteiger partial charge in [0.05, 0.1) is 6.61 Å². The maximum absolute atomic E-state index is 11.4. The first-order valence-corrected chi connectivity index (χ1v) is 4.49. The van der Waals surface area contributed by atoms with Crippen molar-refractivity contribution in [3.8, 4) is 0 Å². The van der Waals surface area contributed by atoms with E-state index in [1.54, 1.807) is 12.1 Å². The van der Waals surface area contributed by atoms with Gasteiger partial charge in [0, 0.05) is 12.1 Å². The summed E-state index contributed by atoms with van der Waals surface area (Å²) >= 11 is 0. The highest BCUT2D eigenvalue weighted by Crippen LogP contribution is 1.97. The lowest BCUT2D eigenvalue weighted by molar-refractivity contribution is 0.0941. The number of nitrogens with one attached hydrogen (secondary N) is 1. The first-order valence-electron chi connectivity index (χ1n) is 4.49. The van der Waals surface area contributed by atoms with E-state index in [4.69, 9.17) is 5.90 Å². The Morgan fingerprint density at radius 1 is 1.36 bits per heavy atom. The molecular formula is C10H14N2O2. The third kappa shape index (κ3) is 3.55. The summed E-state index contributed by atoms with van der Waals surface area (Å²) in [5, 5.41) is 2.76. The molecule has 0 bridgehead atoms. The van der Waals surface area contributed by atoms with Crippen LogP contribution < -0.4 is 11.2 Å². The van der Waals surface area contributed by atoms with Crippen molar-refractivity contribution in [3.05, 3.63) is 35.9 Å². The van der Waals surface area contributed by atoms with Crippen LogP contribution in [0, 0.1) is 0 Å². The van der Waals surface area contributed by atoms with Gasteiger partial charge in [0.1, 0.15) is 0 Å². The Bertz CT molecular complexity index is 275. The summed E-state index contributed by atoms with van der Waals surface area (Å²) < 4.78 is 0. The van der Waals surface area contributed by atoms with Gasteiger partial charge in [-0.2, -0.15) is 0 Å². The highest BCUT2D eigenvalue weighted by atomic mass is 16.6. The molecule has 0 aromatic heterocycles. The number of hydrogen-bond donors (Lipinski definition) is 2. The zero-order valence-corrected chi connectivity index (χ0v) is 7.90. The molecule has 0 fully saturated rings. The van der Waals surface area contributed by atoms with Gasteiger partial charge in [0.25, 0.3) is 5.91 Å². The molecule has 0 aliphatic carbocycles. The standard InChI is InChI=1S/C10H14N2O2/c11-14-8-4-7-12-10(13)9-5-2-1-3-6-9/h1-3,5-6H,4,7-8,11H2,(H,12,13). The Labute approximate surface area is 83.0 Å². The predicted octanol–water partition coefficient (Wildman–Crippen LogP) is 0.697. The first kappa shape index (κ1) is 10.7. The van der Waals surface area contributed by atoms with E-state index in [1.165, 1.54) is 0 Å². The lowest BCUT2D eigenvalue weighted by Crippen LogP contribution is -2.25. The van der Waals surface area contributed by atoms with Crippen LogP contribution in [0.5, 0.6) is 0 Å². The molecule has 1 aromatic carbocycles.